The molecule has 1 saturated heterocycles. The van der Waals surface area contributed by atoms with Crippen molar-refractivity contribution in [2.24, 2.45) is 11.8 Å². The molecule has 152 valence electrons. The molecular formula is C19H23F4N5. The molecule has 2 aromatic heterocycles. The molecule has 1 saturated carbocycles. The van der Waals surface area contributed by atoms with Gasteiger partial charge in [0.1, 0.15) is 18.3 Å². The van der Waals surface area contributed by atoms with Crippen LogP contribution in [0.2, 0.25) is 0 Å². The van der Waals surface area contributed by atoms with Crippen LogP contribution in [0, 0.1) is 11.8 Å². The molecule has 0 spiro atoms. The SMILES string of the molecule is CC(C)c1nc(-c2cnc(N)c(C(F)(F)F)c2)cn1C1[C@H]2CN(CCF)C[C@@H]12. The van der Waals surface area contributed by atoms with Gasteiger partial charge in [0.05, 0.1) is 11.3 Å². The average Bonchev–Trinajstić information content (AvgIpc) is 2.98. The van der Waals surface area contributed by atoms with E-state index in [1.165, 1.54) is 6.20 Å². The Balaban J connectivity index is 1.64. The maximum Gasteiger partial charge on any atom is 0.419 e. The Kier molecular flexibility index (Phi) is 4.60. The first-order chi connectivity index (χ1) is 13.2. The molecule has 3 atom stereocenters. The second-order valence-corrected chi connectivity index (χ2v) is 7.97. The summed E-state index contributed by atoms with van der Waals surface area (Å²) in [6.07, 6.45) is -1.41. The predicted molar refractivity (Wildman–Crippen MR) is 97.4 cm³/mol. The van der Waals surface area contributed by atoms with Crippen molar-refractivity contribution < 1.29 is 17.6 Å². The largest absolute Gasteiger partial charge is 0.419 e. The molecule has 0 aromatic carbocycles. The molecule has 2 N–H and O–H groups in total. The third-order valence-corrected chi connectivity index (χ3v) is 5.74. The van der Waals surface area contributed by atoms with Crippen LogP contribution in [0.5, 0.6) is 0 Å². The summed E-state index contributed by atoms with van der Waals surface area (Å²) < 4.78 is 54.2. The highest BCUT2D eigenvalue weighted by molar-refractivity contribution is 5.62. The van der Waals surface area contributed by atoms with Gasteiger partial charge in [0.2, 0.25) is 0 Å². The molecule has 0 amide bonds. The minimum absolute atomic E-state index is 0.126. The van der Waals surface area contributed by atoms with E-state index in [1.54, 1.807) is 0 Å². The molecular weight excluding hydrogens is 374 g/mol. The Labute approximate surface area is 160 Å². The number of anilines is 1. The van der Waals surface area contributed by atoms with Gasteiger partial charge in [0.25, 0.3) is 0 Å². The molecule has 1 unspecified atom stereocenters. The van der Waals surface area contributed by atoms with Gasteiger partial charge >= 0.3 is 6.18 Å². The van der Waals surface area contributed by atoms with Crippen LogP contribution in [0.1, 0.15) is 37.2 Å². The minimum Gasteiger partial charge on any atom is -0.383 e. The van der Waals surface area contributed by atoms with E-state index in [1.807, 2.05) is 20.0 Å². The number of rotatable bonds is 5. The van der Waals surface area contributed by atoms with E-state index in [2.05, 4.69) is 19.4 Å². The smallest absolute Gasteiger partial charge is 0.383 e. The van der Waals surface area contributed by atoms with E-state index in [-0.39, 0.29) is 18.6 Å². The molecule has 2 fully saturated rings. The maximum absolute atomic E-state index is 13.2. The number of hydrogen-bond acceptors (Lipinski definition) is 4. The van der Waals surface area contributed by atoms with E-state index in [0.29, 0.717) is 29.6 Å². The lowest BCUT2D eigenvalue weighted by molar-refractivity contribution is -0.137. The molecule has 3 heterocycles. The number of imidazole rings is 1. The molecule has 4 rings (SSSR count). The lowest BCUT2D eigenvalue weighted by Gasteiger charge is -2.19. The summed E-state index contributed by atoms with van der Waals surface area (Å²) in [6.45, 7) is 5.85. The van der Waals surface area contributed by atoms with Crippen molar-refractivity contribution in [3.8, 4) is 11.3 Å². The van der Waals surface area contributed by atoms with Gasteiger partial charge in [-0.1, -0.05) is 13.8 Å². The van der Waals surface area contributed by atoms with E-state index < -0.39 is 17.6 Å². The Morgan fingerprint density at radius 3 is 2.50 bits per heavy atom. The standard InChI is InChI=1S/C19H23F4N5/c1-10(2)18-26-15(11-5-14(19(21,22)23)17(24)25-6-11)9-28(18)16-12-7-27(4-3-20)8-13(12)16/h5-6,9-10,12-13,16H,3-4,7-8H2,1-2H3,(H2,24,25)/t12-,13+,16?. The van der Waals surface area contributed by atoms with Crippen LogP contribution < -0.4 is 5.73 Å². The van der Waals surface area contributed by atoms with Crippen LogP contribution in [-0.2, 0) is 6.18 Å². The summed E-state index contributed by atoms with van der Waals surface area (Å²) in [5.74, 6) is 1.32. The first-order valence-electron chi connectivity index (χ1n) is 9.41. The number of alkyl halides is 4. The average molecular weight is 397 g/mol. The molecule has 0 radical (unpaired) electrons. The van der Waals surface area contributed by atoms with E-state index >= 15 is 0 Å². The van der Waals surface area contributed by atoms with E-state index in [9.17, 15) is 17.6 Å². The van der Waals surface area contributed by atoms with Crippen molar-refractivity contribution in [3.05, 3.63) is 29.8 Å². The molecule has 1 aliphatic heterocycles. The van der Waals surface area contributed by atoms with Gasteiger partial charge in [-0.15, -0.1) is 0 Å². The summed E-state index contributed by atoms with van der Waals surface area (Å²) in [6, 6.07) is 1.29. The molecule has 2 aliphatic rings. The normalized spacial score (nSPS) is 24.8. The van der Waals surface area contributed by atoms with Crippen molar-refractivity contribution in [2.45, 2.75) is 32.0 Å². The predicted octanol–water partition coefficient (Wildman–Crippen LogP) is 3.74. The lowest BCUT2D eigenvalue weighted by Crippen LogP contribution is -2.27. The number of pyridine rings is 1. The zero-order valence-electron chi connectivity index (χ0n) is 15.7. The minimum atomic E-state index is -4.57. The Hall–Kier alpha value is -2.16. The quantitative estimate of drug-likeness (QED) is 0.781. The summed E-state index contributed by atoms with van der Waals surface area (Å²) >= 11 is 0. The third kappa shape index (κ3) is 3.25. The van der Waals surface area contributed by atoms with Crippen molar-refractivity contribution in [2.75, 3.05) is 32.0 Å². The molecule has 9 heteroatoms. The Morgan fingerprint density at radius 1 is 1.25 bits per heavy atom. The van der Waals surface area contributed by atoms with Gasteiger partial charge in [-0.2, -0.15) is 13.2 Å². The van der Waals surface area contributed by atoms with Crippen LogP contribution in [0.15, 0.2) is 18.5 Å². The maximum atomic E-state index is 13.2. The Morgan fingerprint density at radius 2 is 1.93 bits per heavy atom. The second-order valence-electron chi connectivity index (χ2n) is 7.97. The zero-order valence-corrected chi connectivity index (χ0v) is 15.7. The summed E-state index contributed by atoms with van der Waals surface area (Å²) in [7, 11) is 0. The summed E-state index contributed by atoms with van der Waals surface area (Å²) in [5.41, 5.74) is 5.22. The number of likely N-dealkylation sites (tertiary alicyclic amines) is 1. The number of nitrogens with two attached hydrogens (primary N) is 1. The van der Waals surface area contributed by atoms with Gasteiger partial charge < -0.3 is 15.2 Å². The van der Waals surface area contributed by atoms with Crippen molar-refractivity contribution in [1.82, 2.24) is 19.4 Å². The van der Waals surface area contributed by atoms with Crippen molar-refractivity contribution in [3.63, 3.8) is 0 Å². The first kappa shape index (κ1) is 19.2. The van der Waals surface area contributed by atoms with Gasteiger partial charge in [-0.3, -0.25) is 0 Å². The number of aromatic nitrogens is 3. The summed E-state index contributed by atoms with van der Waals surface area (Å²) in [4.78, 5) is 10.5. The van der Waals surface area contributed by atoms with Crippen molar-refractivity contribution >= 4 is 5.82 Å². The number of fused-ring (bicyclic) bond motifs is 1. The third-order valence-electron chi connectivity index (χ3n) is 5.74. The number of halogens is 4. The monoisotopic (exact) mass is 397 g/mol. The number of nitrogen functional groups attached to an aromatic ring is 1. The van der Waals surface area contributed by atoms with Crippen LogP contribution in [0.25, 0.3) is 11.3 Å². The van der Waals surface area contributed by atoms with Crippen LogP contribution in [-0.4, -0.2) is 45.7 Å². The zero-order chi connectivity index (χ0) is 20.2. The van der Waals surface area contributed by atoms with Crippen LogP contribution in [0.3, 0.4) is 0 Å². The fourth-order valence-corrected chi connectivity index (χ4v) is 4.35. The molecule has 5 nitrogen and oxygen atoms in total. The first-order valence-corrected chi connectivity index (χ1v) is 9.41. The molecule has 0 bridgehead atoms. The van der Waals surface area contributed by atoms with Gasteiger partial charge in [0, 0.05) is 49.6 Å². The molecule has 1 aliphatic carbocycles. The molecule has 2 aromatic rings. The Bertz CT molecular complexity index is 864. The van der Waals surface area contributed by atoms with Gasteiger partial charge in [0.15, 0.2) is 0 Å². The fraction of sp³-hybridized carbons (Fsp3) is 0.579. The lowest BCUT2D eigenvalue weighted by atomic mass is 10.1. The fourth-order valence-electron chi connectivity index (χ4n) is 4.35. The topological polar surface area (TPSA) is 60.0 Å². The van der Waals surface area contributed by atoms with Crippen LogP contribution >= 0.6 is 0 Å². The molecule has 28 heavy (non-hydrogen) atoms. The summed E-state index contributed by atoms with van der Waals surface area (Å²) in [5, 5.41) is 0. The van der Waals surface area contributed by atoms with Gasteiger partial charge in [-0.05, 0) is 17.9 Å². The number of nitrogens with zero attached hydrogens (tertiary/aromatic N) is 4. The highest BCUT2D eigenvalue weighted by Gasteiger charge is 2.57. The highest BCUT2D eigenvalue weighted by Crippen LogP contribution is 2.56. The number of piperidine rings is 1. The second kappa shape index (κ2) is 6.72. The highest BCUT2D eigenvalue weighted by atomic mass is 19.4. The van der Waals surface area contributed by atoms with Crippen LogP contribution in [0.4, 0.5) is 23.4 Å². The van der Waals surface area contributed by atoms with E-state index in [0.717, 1.165) is 25.0 Å². The van der Waals surface area contributed by atoms with Gasteiger partial charge in [-0.25, -0.2) is 14.4 Å². The number of hydrogen-bond donors (Lipinski definition) is 1. The van der Waals surface area contributed by atoms with E-state index in [4.69, 9.17) is 5.73 Å². The van der Waals surface area contributed by atoms with Crippen molar-refractivity contribution in [1.29, 1.82) is 0 Å².